The van der Waals surface area contributed by atoms with Crippen LogP contribution in [0.15, 0.2) is 10.9 Å². The third kappa shape index (κ3) is 4.28. The van der Waals surface area contributed by atoms with Gasteiger partial charge in [0.15, 0.2) is 5.65 Å². The maximum atomic E-state index is 12.0. The predicted molar refractivity (Wildman–Crippen MR) is 97.3 cm³/mol. The van der Waals surface area contributed by atoms with Gasteiger partial charge in [-0.05, 0) is 33.2 Å². The molecule has 7 nitrogen and oxygen atoms in total. The summed E-state index contributed by atoms with van der Waals surface area (Å²) in [6.07, 6.45) is 2.70. The minimum absolute atomic E-state index is 0. The summed E-state index contributed by atoms with van der Waals surface area (Å²) in [4.78, 5) is 27.9. The minimum Gasteiger partial charge on any atom is -0.352 e. The molecule has 3 rings (SSSR count). The number of H-pyrrole nitrogens is 1. The summed E-state index contributed by atoms with van der Waals surface area (Å²) in [7, 11) is 0. The molecule has 1 saturated heterocycles. The lowest BCUT2D eigenvalue weighted by Crippen LogP contribution is -2.32. The fraction of sp³-hybridized carbons (Fsp3) is 0.533. The van der Waals surface area contributed by atoms with Crippen LogP contribution in [0.4, 0.5) is 0 Å². The first-order valence-corrected chi connectivity index (χ1v) is 7.62. The normalized spacial score (nSPS) is 16.5. The van der Waals surface area contributed by atoms with Crippen LogP contribution in [-0.2, 0) is 11.3 Å². The smallest absolute Gasteiger partial charge is 0.266 e. The lowest BCUT2D eigenvalue weighted by molar-refractivity contribution is -0.121. The Hall–Kier alpha value is -1.57. The highest BCUT2D eigenvalue weighted by molar-refractivity contribution is 5.85. The summed E-state index contributed by atoms with van der Waals surface area (Å²) < 4.78 is 1.66. The first kappa shape index (κ1) is 20.5. The van der Waals surface area contributed by atoms with E-state index in [4.69, 9.17) is 0 Å². The number of aryl methyl sites for hydroxylation is 2. The Morgan fingerprint density at radius 2 is 2.17 bits per heavy atom. The van der Waals surface area contributed by atoms with Gasteiger partial charge in [0.25, 0.3) is 5.56 Å². The van der Waals surface area contributed by atoms with Crippen LogP contribution in [0.1, 0.15) is 36.2 Å². The van der Waals surface area contributed by atoms with Gasteiger partial charge in [0.05, 0.1) is 0 Å². The Morgan fingerprint density at radius 3 is 2.83 bits per heavy atom. The highest BCUT2D eigenvalue weighted by atomic mass is 35.5. The Morgan fingerprint density at radius 1 is 1.42 bits per heavy atom. The van der Waals surface area contributed by atoms with Crippen LogP contribution in [0.3, 0.4) is 0 Å². The Balaban J connectivity index is 0.00000144. The summed E-state index contributed by atoms with van der Waals surface area (Å²) in [5.41, 5.74) is 3.08. The average molecular weight is 376 g/mol. The number of aromatic nitrogens is 3. The van der Waals surface area contributed by atoms with Crippen molar-refractivity contribution in [2.24, 2.45) is 0 Å². The Bertz CT molecular complexity index is 765. The number of nitrogens with zero attached hydrogens (tertiary/aromatic N) is 2. The molecule has 0 aromatic carbocycles. The van der Waals surface area contributed by atoms with Crippen molar-refractivity contribution < 1.29 is 4.79 Å². The van der Waals surface area contributed by atoms with Crippen molar-refractivity contribution >= 4 is 36.4 Å². The number of halogens is 2. The van der Waals surface area contributed by atoms with E-state index in [1.165, 1.54) is 6.07 Å². The number of carbonyl (C=O) groups excluding carboxylic acids is 1. The van der Waals surface area contributed by atoms with E-state index in [9.17, 15) is 9.59 Å². The first-order valence-electron chi connectivity index (χ1n) is 7.62. The quantitative estimate of drug-likeness (QED) is 0.749. The molecular formula is C15H23Cl2N5O2. The lowest BCUT2D eigenvalue weighted by Gasteiger charge is -2.14. The van der Waals surface area contributed by atoms with Crippen molar-refractivity contribution in [3.63, 3.8) is 0 Å². The highest BCUT2D eigenvalue weighted by Crippen LogP contribution is 2.13. The zero-order valence-electron chi connectivity index (χ0n) is 13.7. The van der Waals surface area contributed by atoms with Gasteiger partial charge in [-0.25, -0.2) is 9.50 Å². The third-order valence-corrected chi connectivity index (χ3v) is 4.26. The van der Waals surface area contributed by atoms with E-state index in [1.807, 2.05) is 13.8 Å². The molecule has 3 heterocycles. The zero-order chi connectivity index (χ0) is 15.7. The van der Waals surface area contributed by atoms with Gasteiger partial charge < -0.3 is 10.6 Å². The summed E-state index contributed by atoms with van der Waals surface area (Å²) in [5.74, 6) is 0.0410. The van der Waals surface area contributed by atoms with Gasteiger partial charge in [0, 0.05) is 42.0 Å². The van der Waals surface area contributed by atoms with Gasteiger partial charge >= 0.3 is 0 Å². The van der Waals surface area contributed by atoms with Gasteiger partial charge in [0.2, 0.25) is 5.91 Å². The molecule has 2 aromatic heterocycles. The van der Waals surface area contributed by atoms with Crippen LogP contribution >= 0.6 is 24.8 Å². The average Bonchev–Trinajstić information content (AvgIpc) is 3.07. The first-order chi connectivity index (χ1) is 10.5. The molecule has 24 heavy (non-hydrogen) atoms. The maximum absolute atomic E-state index is 12.0. The van der Waals surface area contributed by atoms with E-state index in [1.54, 1.807) is 4.52 Å². The molecule has 0 bridgehead atoms. The van der Waals surface area contributed by atoms with Gasteiger partial charge in [-0.2, -0.15) is 0 Å². The zero-order valence-corrected chi connectivity index (χ0v) is 15.4. The van der Waals surface area contributed by atoms with Gasteiger partial charge in [-0.3, -0.25) is 14.7 Å². The highest BCUT2D eigenvalue weighted by Gasteiger charge is 2.18. The Labute approximate surface area is 152 Å². The number of hydrogen-bond acceptors (Lipinski definition) is 4. The number of amides is 1. The molecular weight excluding hydrogens is 353 g/mol. The molecule has 1 fully saturated rings. The monoisotopic (exact) mass is 375 g/mol. The van der Waals surface area contributed by atoms with Crippen molar-refractivity contribution in [3.05, 3.63) is 33.4 Å². The molecule has 9 heteroatoms. The van der Waals surface area contributed by atoms with Crippen molar-refractivity contribution in [3.8, 4) is 0 Å². The van der Waals surface area contributed by atoms with Crippen LogP contribution in [0.2, 0.25) is 0 Å². The molecule has 0 spiro atoms. The number of aromatic amines is 1. The van der Waals surface area contributed by atoms with Crippen LogP contribution in [0.25, 0.3) is 5.65 Å². The summed E-state index contributed by atoms with van der Waals surface area (Å²) >= 11 is 0. The van der Waals surface area contributed by atoms with Gasteiger partial charge in [-0.15, -0.1) is 24.8 Å². The molecule has 0 radical (unpaired) electrons. The standard InChI is InChI=1S/C15H21N5O2.2ClH/c1-9-12(8-17-14(21)6-11-4-3-5-16-11)10(2)20-13(18-9)7-15(22)19-20;;/h7,11,16H,3-6,8H2,1-2H3,(H,17,21)(H,19,22);2*1H. The molecule has 1 aliphatic heterocycles. The largest absolute Gasteiger partial charge is 0.352 e. The molecule has 1 atom stereocenters. The van der Waals surface area contributed by atoms with Crippen molar-refractivity contribution in [2.45, 2.75) is 45.7 Å². The fourth-order valence-corrected chi connectivity index (χ4v) is 3.03. The SMILES string of the molecule is Cc1nc2cc(=O)[nH]n2c(C)c1CNC(=O)CC1CCCN1.Cl.Cl. The maximum Gasteiger partial charge on any atom is 0.266 e. The number of nitrogens with one attached hydrogen (secondary N) is 3. The van der Waals surface area contributed by atoms with Crippen LogP contribution in [-0.4, -0.2) is 33.1 Å². The number of carbonyl (C=O) groups is 1. The molecule has 1 amide bonds. The van der Waals surface area contributed by atoms with Crippen LogP contribution in [0.5, 0.6) is 0 Å². The van der Waals surface area contributed by atoms with E-state index >= 15 is 0 Å². The minimum atomic E-state index is -0.177. The second-order valence-corrected chi connectivity index (χ2v) is 5.85. The molecule has 1 aliphatic rings. The van der Waals surface area contributed by atoms with Gasteiger partial charge in [0.1, 0.15) is 0 Å². The van der Waals surface area contributed by atoms with Crippen LogP contribution in [0, 0.1) is 13.8 Å². The molecule has 0 saturated carbocycles. The molecule has 3 N–H and O–H groups in total. The topological polar surface area (TPSA) is 91.3 Å². The fourth-order valence-electron chi connectivity index (χ4n) is 3.03. The molecule has 0 aliphatic carbocycles. The number of hydrogen-bond donors (Lipinski definition) is 3. The van der Waals surface area contributed by atoms with Gasteiger partial charge in [-0.1, -0.05) is 0 Å². The second-order valence-electron chi connectivity index (χ2n) is 5.85. The van der Waals surface area contributed by atoms with Crippen LogP contribution < -0.4 is 16.2 Å². The van der Waals surface area contributed by atoms with E-state index in [-0.39, 0.29) is 36.3 Å². The number of fused-ring (bicyclic) bond motifs is 1. The summed E-state index contributed by atoms with van der Waals surface area (Å²) in [5, 5.41) is 8.99. The Kier molecular flexibility index (Phi) is 7.26. The number of rotatable bonds is 4. The van der Waals surface area contributed by atoms with Crippen molar-refractivity contribution in [1.29, 1.82) is 0 Å². The van der Waals surface area contributed by atoms with E-state index in [0.717, 1.165) is 36.3 Å². The van der Waals surface area contributed by atoms with E-state index < -0.39 is 0 Å². The second kappa shape index (κ2) is 8.50. The van der Waals surface area contributed by atoms with Crippen molar-refractivity contribution in [1.82, 2.24) is 25.2 Å². The van der Waals surface area contributed by atoms with E-state index in [0.29, 0.717) is 24.7 Å². The summed E-state index contributed by atoms with van der Waals surface area (Å²) in [6.45, 7) is 5.23. The summed E-state index contributed by atoms with van der Waals surface area (Å²) in [6, 6.07) is 1.76. The third-order valence-electron chi connectivity index (χ3n) is 4.26. The molecule has 2 aromatic rings. The lowest BCUT2D eigenvalue weighted by atomic mass is 10.1. The molecule has 134 valence electrons. The predicted octanol–water partition coefficient (Wildman–Crippen LogP) is 1.24. The van der Waals surface area contributed by atoms with Crippen molar-refractivity contribution in [2.75, 3.05) is 6.54 Å². The molecule has 1 unspecified atom stereocenters. The van der Waals surface area contributed by atoms with E-state index in [2.05, 4.69) is 20.7 Å².